The van der Waals surface area contributed by atoms with Gasteiger partial charge in [0.15, 0.2) is 0 Å². The number of nitriles is 1. The Balaban J connectivity index is 1.77. The Kier molecular flexibility index (Phi) is 6.52. The number of aryl methyl sites for hydroxylation is 1. The van der Waals surface area contributed by atoms with Crippen molar-refractivity contribution in [3.05, 3.63) is 77.5 Å². The van der Waals surface area contributed by atoms with Crippen molar-refractivity contribution in [3.8, 4) is 17.7 Å². The molecule has 0 saturated carbocycles. The molecule has 1 N–H and O–H groups in total. The summed E-state index contributed by atoms with van der Waals surface area (Å²) in [6.07, 6.45) is 1.51. The third-order valence-electron chi connectivity index (χ3n) is 4.22. The van der Waals surface area contributed by atoms with Gasteiger partial charge in [0.25, 0.3) is 10.0 Å². The van der Waals surface area contributed by atoms with Gasteiger partial charge in [0.05, 0.1) is 22.8 Å². The van der Waals surface area contributed by atoms with Crippen LogP contribution in [0.15, 0.2) is 65.7 Å². The van der Waals surface area contributed by atoms with Crippen molar-refractivity contribution in [2.24, 2.45) is 0 Å². The van der Waals surface area contributed by atoms with Gasteiger partial charge in [-0.15, -0.1) is 0 Å². The number of ether oxygens (including phenoxy) is 2. The van der Waals surface area contributed by atoms with Gasteiger partial charge >= 0.3 is 5.97 Å². The number of carbonyl (C=O) groups excluding carboxylic acids is 1. The van der Waals surface area contributed by atoms with Crippen molar-refractivity contribution >= 4 is 21.7 Å². The molecule has 0 bridgehead atoms. The maximum Gasteiger partial charge on any atom is 0.338 e. The van der Waals surface area contributed by atoms with Crippen LogP contribution in [0.1, 0.15) is 28.4 Å². The summed E-state index contributed by atoms with van der Waals surface area (Å²) < 4.78 is 38.5. The van der Waals surface area contributed by atoms with Gasteiger partial charge in [-0.05, 0) is 74.0 Å². The van der Waals surface area contributed by atoms with Gasteiger partial charge in [0.1, 0.15) is 17.4 Å². The van der Waals surface area contributed by atoms with Crippen LogP contribution in [-0.2, 0) is 14.8 Å². The van der Waals surface area contributed by atoms with E-state index < -0.39 is 16.0 Å². The number of aromatic nitrogens is 1. The molecule has 0 aliphatic carbocycles. The second-order valence-electron chi connectivity index (χ2n) is 6.40. The minimum absolute atomic E-state index is 0.00687. The number of carbonyl (C=O) groups is 1. The number of benzene rings is 2. The molecule has 0 fully saturated rings. The zero-order chi connectivity index (χ0) is 22.4. The molecule has 0 spiro atoms. The predicted molar refractivity (Wildman–Crippen MR) is 113 cm³/mol. The highest BCUT2D eigenvalue weighted by Gasteiger charge is 2.17. The molecule has 1 aromatic heterocycles. The van der Waals surface area contributed by atoms with Crippen molar-refractivity contribution < 1.29 is 22.7 Å². The molecule has 3 aromatic rings. The zero-order valence-corrected chi connectivity index (χ0v) is 17.6. The third-order valence-corrected chi connectivity index (χ3v) is 5.61. The Morgan fingerprint density at radius 2 is 1.90 bits per heavy atom. The Morgan fingerprint density at radius 1 is 1.16 bits per heavy atom. The summed E-state index contributed by atoms with van der Waals surface area (Å²) in [5, 5.41) is 9.13. The molecule has 0 amide bonds. The molecule has 158 valence electrons. The number of sulfonamides is 1. The van der Waals surface area contributed by atoms with Crippen LogP contribution in [0.4, 0.5) is 5.69 Å². The largest absolute Gasteiger partial charge is 0.462 e. The van der Waals surface area contributed by atoms with E-state index in [0.717, 1.165) is 0 Å². The van der Waals surface area contributed by atoms with Crippen LogP contribution in [0.2, 0.25) is 0 Å². The van der Waals surface area contributed by atoms with Crippen LogP contribution in [0.5, 0.6) is 11.6 Å². The van der Waals surface area contributed by atoms with Crippen LogP contribution in [0, 0.1) is 18.3 Å². The van der Waals surface area contributed by atoms with Crippen molar-refractivity contribution in [2.75, 3.05) is 11.3 Å². The van der Waals surface area contributed by atoms with E-state index in [-0.39, 0.29) is 28.5 Å². The highest BCUT2D eigenvalue weighted by molar-refractivity contribution is 7.92. The number of hydrogen-bond donors (Lipinski definition) is 1. The van der Waals surface area contributed by atoms with Crippen LogP contribution in [0.25, 0.3) is 0 Å². The number of rotatable bonds is 7. The molecular weight excluding hydrogens is 418 g/mol. The molecule has 0 unspecified atom stereocenters. The maximum atomic E-state index is 12.7. The van der Waals surface area contributed by atoms with E-state index in [1.54, 1.807) is 44.2 Å². The summed E-state index contributed by atoms with van der Waals surface area (Å²) in [6, 6.07) is 15.5. The fourth-order valence-electron chi connectivity index (χ4n) is 2.67. The summed E-state index contributed by atoms with van der Waals surface area (Å²) >= 11 is 0. The molecule has 0 saturated heterocycles. The highest BCUT2D eigenvalue weighted by Crippen LogP contribution is 2.28. The number of nitrogens with zero attached hydrogens (tertiary/aromatic N) is 2. The molecule has 1 heterocycles. The van der Waals surface area contributed by atoms with E-state index in [2.05, 4.69) is 9.71 Å². The van der Waals surface area contributed by atoms with Crippen LogP contribution >= 0.6 is 0 Å². The van der Waals surface area contributed by atoms with Gasteiger partial charge in [-0.3, -0.25) is 4.72 Å². The van der Waals surface area contributed by atoms with E-state index >= 15 is 0 Å². The van der Waals surface area contributed by atoms with Crippen LogP contribution in [-0.4, -0.2) is 26.0 Å². The molecule has 2 aromatic carbocycles. The third kappa shape index (κ3) is 5.18. The van der Waals surface area contributed by atoms with E-state index in [1.807, 2.05) is 6.07 Å². The van der Waals surface area contributed by atoms with Crippen LogP contribution in [0.3, 0.4) is 0 Å². The molecule has 8 nitrogen and oxygen atoms in total. The number of pyridine rings is 1. The lowest BCUT2D eigenvalue weighted by Gasteiger charge is -2.13. The zero-order valence-electron chi connectivity index (χ0n) is 16.8. The van der Waals surface area contributed by atoms with Crippen molar-refractivity contribution in [2.45, 2.75) is 18.7 Å². The second-order valence-corrected chi connectivity index (χ2v) is 8.08. The lowest BCUT2D eigenvalue weighted by Crippen LogP contribution is -2.14. The van der Waals surface area contributed by atoms with E-state index in [4.69, 9.17) is 14.7 Å². The number of anilines is 1. The molecular formula is C22H19N3O5S. The predicted octanol–water partition coefficient (Wildman–Crippen LogP) is 4.03. The monoisotopic (exact) mass is 437 g/mol. The van der Waals surface area contributed by atoms with Crippen molar-refractivity contribution in [3.63, 3.8) is 0 Å². The Labute approximate surface area is 180 Å². The quantitative estimate of drug-likeness (QED) is 0.554. The van der Waals surface area contributed by atoms with E-state index in [0.29, 0.717) is 17.0 Å². The van der Waals surface area contributed by atoms with Crippen molar-refractivity contribution in [1.82, 2.24) is 4.98 Å². The van der Waals surface area contributed by atoms with Gasteiger partial charge < -0.3 is 9.47 Å². The Hall–Kier alpha value is -3.90. The molecule has 3 rings (SSSR count). The second kappa shape index (κ2) is 9.28. The normalized spacial score (nSPS) is 10.7. The van der Waals surface area contributed by atoms with E-state index in [9.17, 15) is 13.2 Å². The lowest BCUT2D eigenvalue weighted by molar-refractivity contribution is 0.0526. The minimum atomic E-state index is -3.87. The van der Waals surface area contributed by atoms with E-state index in [1.165, 1.54) is 30.5 Å². The summed E-state index contributed by atoms with van der Waals surface area (Å²) in [5.41, 5.74) is 1.53. The van der Waals surface area contributed by atoms with Crippen molar-refractivity contribution in [1.29, 1.82) is 5.26 Å². The first-order valence-electron chi connectivity index (χ1n) is 9.27. The smallest absolute Gasteiger partial charge is 0.338 e. The topological polar surface area (TPSA) is 118 Å². The Morgan fingerprint density at radius 3 is 2.55 bits per heavy atom. The SMILES string of the molecule is CCOC(=O)c1ccc(S(=O)(=O)Nc2ccc(Oc3ncccc3C#N)cc2C)cc1. The van der Waals surface area contributed by atoms with Gasteiger partial charge in [0.2, 0.25) is 5.88 Å². The maximum absolute atomic E-state index is 12.7. The number of hydrogen-bond acceptors (Lipinski definition) is 7. The summed E-state index contributed by atoms with van der Waals surface area (Å²) in [6.45, 7) is 3.65. The van der Waals surface area contributed by atoms with Gasteiger partial charge in [-0.25, -0.2) is 18.2 Å². The van der Waals surface area contributed by atoms with Gasteiger partial charge in [-0.1, -0.05) is 0 Å². The molecule has 9 heteroatoms. The highest BCUT2D eigenvalue weighted by atomic mass is 32.2. The lowest BCUT2D eigenvalue weighted by atomic mass is 10.2. The fraction of sp³-hybridized carbons (Fsp3) is 0.136. The molecule has 0 radical (unpaired) electrons. The van der Waals surface area contributed by atoms with Gasteiger partial charge in [-0.2, -0.15) is 5.26 Å². The average Bonchev–Trinajstić information content (AvgIpc) is 2.76. The number of esters is 1. The van der Waals surface area contributed by atoms with Gasteiger partial charge in [0, 0.05) is 6.20 Å². The standard InChI is InChI=1S/C22H19N3O5S/c1-3-29-22(26)16-6-9-19(10-7-16)31(27,28)25-20-11-8-18(13-15(20)2)30-21-17(14-23)5-4-12-24-21/h4-13,25H,3H2,1-2H3. The molecule has 0 aliphatic rings. The molecule has 31 heavy (non-hydrogen) atoms. The first-order valence-corrected chi connectivity index (χ1v) is 10.8. The summed E-state index contributed by atoms with van der Waals surface area (Å²) in [5.74, 6) is 0.0622. The molecule has 0 atom stereocenters. The first kappa shape index (κ1) is 21.8. The Bertz CT molecular complexity index is 1250. The molecule has 0 aliphatic heterocycles. The first-order chi connectivity index (χ1) is 14.8. The minimum Gasteiger partial charge on any atom is -0.462 e. The average molecular weight is 437 g/mol. The number of nitrogens with one attached hydrogen (secondary N) is 1. The fourth-order valence-corrected chi connectivity index (χ4v) is 3.80. The summed E-state index contributed by atoms with van der Waals surface area (Å²) in [4.78, 5) is 15.8. The summed E-state index contributed by atoms with van der Waals surface area (Å²) in [7, 11) is -3.87. The van der Waals surface area contributed by atoms with Crippen LogP contribution < -0.4 is 9.46 Å².